The third-order valence-electron chi connectivity index (χ3n) is 4.95. The Bertz CT molecular complexity index is 1150. The fourth-order valence-electron chi connectivity index (χ4n) is 3.32. The summed E-state index contributed by atoms with van der Waals surface area (Å²) in [7, 11) is 1.28. The molecule has 0 amide bonds. The first kappa shape index (κ1) is 22.2. The number of hydrogen-bond donors (Lipinski definition) is 1. The van der Waals surface area contributed by atoms with Gasteiger partial charge in [0.2, 0.25) is 5.88 Å². The van der Waals surface area contributed by atoms with Crippen molar-refractivity contribution in [3.8, 4) is 5.88 Å². The highest BCUT2D eigenvalue weighted by molar-refractivity contribution is 7.20. The molecule has 0 unspecified atom stereocenters. The van der Waals surface area contributed by atoms with Crippen LogP contribution in [0.2, 0.25) is 0 Å². The SMILES string of the molecule is COC(=O)c1sc2ncnc(Nc3ccc(C(F)(F)F)nc3OC3CCOCC3)c2c1C. The minimum absolute atomic E-state index is 0.181. The predicted octanol–water partition coefficient (Wildman–Crippen LogP) is 4.50. The summed E-state index contributed by atoms with van der Waals surface area (Å²) in [6, 6.07) is 2.12. The van der Waals surface area contributed by atoms with E-state index in [9.17, 15) is 18.0 Å². The number of nitrogens with zero attached hydrogens (tertiary/aromatic N) is 3. The first-order chi connectivity index (χ1) is 15.3. The Hall–Kier alpha value is -2.99. The Balaban J connectivity index is 1.74. The van der Waals surface area contributed by atoms with Crippen molar-refractivity contribution in [2.75, 3.05) is 25.6 Å². The zero-order chi connectivity index (χ0) is 22.9. The van der Waals surface area contributed by atoms with Crippen molar-refractivity contribution >= 4 is 39.0 Å². The van der Waals surface area contributed by atoms with Crippen LogP contribution >= 0.6 is 11.3 Å². The fourth-order valence-corrected chi connectivity index (χ4v) is 4.38. The van der Waals surface area contributed by atoms with Gasteiger partial charge in [-0.05, 0) is 24.6 Å². The maximum absolute atomic E-state index is 13.3. The highest BCUT2D eigenvalue weighted by Crippen LogP contribution is 2.38. The minimum atomic E-state index is -4.62. The molecule has 0 radical (unpaired) electrons. The molecule has 1 N–H and O–H groups in total. The van der Waals surface area contributed by atoms with Crippen LogP contribution in [0.3, 0.4) is 0 Å². The van der Waals surface area contributed by atoms with Gasteiger partial charge in [-0.25, -0.2) is 19.7 Å². The van der Waals surface area contributed by atoms with Gasteiger partial charge in [-0.1, -0.05) is 0 Å². The Morgan fingerprint density at radius 3 is 2.69 bits per heavy atom. The molecule has 1 aliphatic rings. The van der Waals surface area contributed by atoms with E-state index in [2.05, 4.69) is 20.3 Å². The van der Waals surface area contributed by atoms with Crippen LogP contribution in [0.4, 0.5) is 24.7 Å². The summed E-state index contributed by atoms with van der Waals surface area (Å²) < 4.78 is 55.7. The number of esters is 1. The van der Waals surface area contributed by atoms with Crippen molar-refractivity contribution < 1.29 is 32.2 Å². The summed E-state index contributed by atoms with van der Waals surface area (Å²) in [6.07, 6.45) is -2.55. The maximum atomic E-state index is 13.3. The van der Waals surface area contributed by atoms with Crippen LogP contribution in [-0.4, -0.2) is 47.3 Å². The van der Waals surface area contributed by atoms with Crippen LogP contribution < -0.4 is 10.1 Å². The first-order valence-electron chi connectivity index (χ1n) is 9.70. The molecule has 170 valence electrons. The number of fused-ring (bicyclic) bond motifs is 1. The maximum Gasteiger partial charge on any atom is 0.433 e. The van der Waals surface area contributed by atoms with Gasteiger partial charge >= 0.3 is 12.1 Å². The molecule has 0 spiro atoms. The molecule has 4 rings (SSSR count). The quantitative estimate of drug-likeness (QED) is 0.547. The summed E-state index contributed by atoms with van der Waals surface area (Å²) in [5, 5.41) is 3.58. The van der Waals surface area contributed by atoms with Crippen molar-refractivity contribution in [2.24, 2.45) is 0 Å². The molecule has 0 aromatic carbocycles. The van der Waals surface area contributed by atoms with Crippen molar-refractivity contribution in [3.05, 3.63) is 34.6 Å². The largest absolute Gasteiger partial charge is 0.473 e. The number of hydrogen-bond acceptors (Lipinski definition) is 9. The summed E-state index contributed by atoms with van der Waals surface area (Å²) in [4.78, 5) is 25.1. The van der Waals surface area contributed by atoms with Gasteiger partial charge in [-0.15, -0.1) is 11.3 Å². The van der Waals surface area contributed by atoms with E-state index in [1.165, 1.54) is 19.5 Å². The standard InChI is InChI=1S/C20H19F3N4O4S/c1-10-14-16(24-9-25-18(14)32-15(10)19(28)29-2)26-12-3-4-13(20(21,22)23)27-17(12)31-11-5-7-30-8-6-11/h3-4,9,11H,5-8H2,1-2H3,(H,24,25,26). The topological polar surface area (TPSA) is 95.5 Å². The van der Waals surface area contributed by atoms with Gasteiger partial charge in [0.25, 0.3) is 0 Å². The summed E-state index contributed by atoms with van der Waals surface area (Å²) in [5.74, 6) is -0.368. The van der Waals surface area contributed by atoms with Crippen LogP contribution in [0.25, 0.3) is 10.2 Å². The van der Waals surface area contributed by atoms with Gasteiger partial charge in [0.15, 0.2) is 0 Å². The molecule has 32 heavy (non-hydrogen) atoms. The van der Waals surface area contributed by atoms with Gasteiger partial charge in [0.1, 0.15) is 39.3 Å². The summed E-state index contributed by atoms with van der Waals surface area (Å²) >= 11 is 1.14. The number of thiophene rings is 1. The number of nitrogens with one attached hydrogen (secondary N) is 1. The third-order valence-corrected chi connectivity index (χ3v) is 6.13. The Morgan fingerprint density at radius 2 is 2.00 bits per heavy atom. The Labute approximate surface area is 184 Å². The molecule has 4 heterocycles. The van der Waals surface area contributed by atoms with Crippen LogP contribution in [0.15, 0.2) is 18.5 Å². The molecule has 1 fully saturated rings. The van der Waals surface area contributed by atoms with E-state index in [0.29, 0.717) is 52.5 Å². The minimum Gasteiger partial charge on any atom is -0.473 e. The Morgan fingerprint density at radius 1 is 1.25 bits per heavy atom. The van der Waals surface area contributed by atoms with Crippen molar-refractivity contribution in [1.82, 2.24) is 15.0 Å². The van der Waals surface area contributed by atoms with Crippen LogP contribution in [0.5, 0.6) is 5.88 Å². The number of ether oxygens (including phenoxy) is 3. The zero-order valence-electron chi connectivity index (χ0n) is 17.2. The molecule has 1 saturated heterocycles. The number of pyridine rings is 1. The van der Waals surface area contributed by atoms with E-state index in [4.69, 9.17) is 14.2 Å². The van der Waals surface area contributed by atoms with E-state index in [-0.39, 0.29) is 17.7 Å². The number of aromatic nitrogens is 3. The lowest BCUT2D eigenvalue weighted by molar-refractivity contribution is -0.141. The summed E-state index contributed by atoms with van der Waals surface area (Å²) in [6.45, 7) is 2.65. The van der Waals surface area contributed by atoms with Crippen LogP contribution in [0, 0.1) is 6.92 Å². The average Bonchev–Trinajstić information content (AvgIpc) is 3.12. The smallest absolute Gasteiger partial charge is 0.433 e. The van der Waals surface area contributed by atoms with Gasteiger partial charge in [0, 0.05) is 12.8 Å². The van der Waals surface area contributed by atoms with Crippen LogP contribution in [0.1, 0.15) is 33.8 Å². The second-order valence-electron chi connectivity index (χ2n) is 7.05. The third kappa shape index (κ3) is 4.46. The number of halogens is 3. The van der Waals surface area contributed by atoms with Crippen LogP contribution in [-0.2, 0) is 15.7 Å². The molecule has 8 nitrogen and oxygen atoms in total. The van der Waals surface area contributed by atoms with Gasteiger partial charge in [0.05, 0.1) is 25.7 Å². The second kappa shape index (κ2) is 8.87. The number of aryl methyl sites for hydroxylation is 1. The number of carbonyl (C=O) groups is 1. The predicted molar refractivity (Wildman–Crippen MR) is 110 cm³/mol. The van der Waals surface area contributed by atoms with Crippen molar-refractivity contribution in [1.29, 1.82) is 0 Å². The molecule has 0 saturated carbocycles. The van der Waals surface area contributed by atoms with Crippen molar-refractivity contribution in [2.45, 2.75) is 32.0 Å². The van der Waals surface area contributed by atoms with Gasteiger partial charge in [-0.2, -0.15) is 13.2 Å². The molecule has 3 aromatic rings. The number of methoxy groups -OCH3 is 1. The van der Waals surface area contributed by atoms with E-state index < -0.39 is 17.8 Å². The molecule has 0 atom stereocenters. The monoisotopic (exact) mass is 468 g/mol. The lowest BCUT2D eigenvalue weighted by Gasteiger charge is -2.24. The number of rotatable bonds is 5. The molecular formula is C20H19F3N4O4S. The Kier molecular flexibility index (Phi) is 6.15. The highest BCUT2D eigenvalue weighted by atomic mass is 32.1. The van der Waals surface area contributed by atoms with E-state index in [0.717, 1.165) is 17.4 Å². The molecule has 3 aromatic heterocycles. The van der Waals surface area contributed by atoms with Gasteiger partial charge < -0.3 is 19.5 Å². The van der Waals surface area contributed by atoms with Gasteiger partial charge in [-0.3, -0.25) is 0 Å². The van der Waals surface area contributed by atoms with E-state index in [1.54, 1.807) is 6.92 Å². The van der Waals surface area contributed by atoms with E-state index >= 15 is 0 Å². The second-order valence-corrected chi connectivity index (χ2v) is 8.05. The number of alkyl halides is 3. The van der Waals surface area contributed by atoms with E-state index in [1.807, 2.05) is 0 Å². The van der Waals surface area contributed by atoms with Crippen molar-refractivity contribution in [3.63, 3.8) is 0 Å². The first-order valence-corrected chi connectivity index (χ1v) is 10.5. The lowest BCUT2D eigenvalue weighted by Crippen LogP contribution is -2.27. The molecule has 12 heteroatoms. The number of anilines is 2. The number of carbonyl (C=O) groups excluding carboxylic acids is 1. The average molecular weight is 468 g/mol. The molecular weight excluding hydrogens is 449 g/mol. The molecule has 1 aliphatic heterocycles. The molecule has 0 aliphatic carbocycles. The normalized spacial score (nSPS) is 15.0. The fraction of sp³-hybridized carbons (Fsp3) is 0.400. The zero-order valence-corrected chi connectivity index (χ0v) is 18.0. The highest BCUT2D eigenvalue weighted by Gasteiger charge is 2.34. The summed E-state index contributed by atoms with van der Waals surface area (Å²) in [5.41, 5.74) is -0.237. The lowest BCUT2D eigenvalue weighted by atomic mass is 10.1. The molecule has 0 bridgehead atoms.